The number of rotatable bonds is 2. The molecule has 1 aliphatic heterocycles. The molecule has 0 unspecified atom stereocenters. The molecule has 1 N–H and O–H groups in total. The van der Waals surface area contributed by atoms with E-state index in [4.69, 9.17) is 0 Å². The zero-order valence-electron chi connectivity index (χ0n) is 6.77. The summed E-state index contributed by atoms with van der Waals surface area (Å²) in [6, 6.07) is 0. The zero-order chi connectivity index (χ0) is 7.23. The van der Waals surface area contributed by atoms with Crippen molar-refractivity contribution < 1.29 is 0 Å². The largest absolute Gasteiger partial charge is 0.317 e. The molecule has 1 rings (SSSR count). The molecule has 1 saturated heterocycles. The van der Waals surface area contributed by atoms with Crippen LogP contribution in [-0.4, -0.2) is 13.1 Å². The van der Waals surface area contributed by atoms with E-state index in [1.54, 1.807) is 0 Å². The van der Waals surface area contributed by atoms with Gasteiger partial charge in [-0.3, -0.25) is 0 Å². The van der Waals surface area contributed by atoms with Gasteiger partial charge in [-0.15, -0.1) is 0 Å². The molecule has 1 heteroatoms. The van der Waals surface area contributed by atoms with Crippen molar-refractivity contribution in [2.45, 2.75) is 26.2 Å². The summed E-state index contributed by atoms with van der Waals surface area (Å²) < 4.78 is 0. The Morgan fingerprint density at radius 2 is 2.10 bits per heavy atom. The second-order valence-corrected chi connectivity index (χ2v) is 2.92. The monoisotopic (exact) mass is 139 g/mol. The maximum absolute atomic E-state index is 3.36. The van der Waals surface area contributed by atoms with Gasteiger partial charge in [-0.1, -0.05) is 19.1 Å². The lowest BCUT2D eigenvalue weighted by molar-refractivity contribution is 0.436. The first-order chi connectivity index (χ1) is 4.93. The predicted molar refractivity (Wildman–Crippen MR) is 45.0 cm³/mol. The Hall–Kier alpha value is -0.300. The van der Waals surface area contributed by atoms with Gasteiger partial charge in [-0.2, -0.15) is 0 Å². The van der Waals surface area contributed by atoms with Crippen LogP contribution < -0.4 is 5.32 Å². The van der Waals surface area contributed by atoms with Crippen molar-refractivity contribution in [3.05, 3.63) is 12.2 Å². The van der Waals surface area contributed by atoms with Crippen molar-refractivity contribution in [1.29, 1.82) is 0 Å². The molecule has 1 heterocycles. The van der Waals surface area contributed by atoms with Crippen LogP contribution >= 0.6 is 0 Å². The first kappa shape index (κ1) is 7.80. The van der Waals surface area contributed by atoms with Crippen molar-refractivity contribution in [3.63, 3.8) is 0 Å². The molecule has 0 bridgehead atoms. The van der Waals surface area contributed by atoms with E-state index >= 15 is 0 Å². The van der Waals surface area contributed by atoms with Gasteiger partial charge in [0, 0.05) is 0 Å². The summed E-state index contributed by atoms with van der Waals surface area (Å²) in [6.07, 6.45) is 8.51. The molecule has 0 spiro atoms. The van der Waals surface area contributed by atoms with Crippen LogP contribution in [0.2, 0.25) is 0 Å². The van der Waals surface area contributed by atoms with Crippen molar-refractivity contribution in [2.24, 2.45) is 5.92 Å². The standard InChI is InChI=1S/C9H17N/c1-2-3-4-9-5-7-10-8-6-9/h3-4,9-10H,2,5-8H2,1H3. The Morgan fingerprint density at radius 1 is 1.40 bits per heavy atom. The third-order valence-electron chi connectivity index (χ3n) is 2.03. The van der Waals surface area contributed by atoms with Gasteiger partial charge in [0.05, 0.1) is 0 Å². The SMILES string of the molecule is CCC=CC1CCNCC1. The topological polar surface area (TPSA) is 12.0 Å². The highest BCUT2D eigenvalue weighted by Gasteiger charge is 2.07. The Balaban J connectivity index is 2.19. The fourth-order valence-electron chi connectivity index (χ4n) is 1.37. The van der Waals surface area contributed by atoms with Crippen LogP contribution in [-0.2, 0) is 0 Å². The van der Waals surface area contributed by atoms with Crippen molar-refractivity contribution in [2.75, 3.05) is 13.1 Å². The third-order valence-corrected chi connectivity index (χ3v) is 2.03. The molecule has 0 amide bonds. The van der Waals surface area contributed by atoms with E-state index < -0.39 is 0 Å². The molecule has 0 aromatic heterocycles. The summed E-state index contributed by atoms with van der Waals surface area (Å²) >= 11 is 0. The Labute approximate surface area is 63.5 Å². The average Bonchev–Trinajstić information content (AvgIpc) is 2.03. The van der Waals surface area contributed by atoms with E-state index in [9.17, 15) is 0 Å². The zero-order valence-corrected chi connectivity index (χ0v) is 6.77. The second-order valence-electron chi connectivity index (χ2n) is 2.92. The summed E-state index contributed by atoms with van der Waals surface area (Å²) in [7, 11) is 0. The highest BCUT2D eigenvalue weighted by atomic mass is 14.9. The van der Waals surface area contributed by atoms with Crippen LogP contribution in [0.5, 0.6) is 0 Å². The molecule has 0 atom stereocenters. The van der Waals surface area contributed by atoms with Gasteiger partial charge in [0.2, 0.25) is 0 Å². The number of piperidine rings is 1. The van der Waals surface area contributed by atoms with Crippen molar-refractivity contribution in [3.8, 4) is 0 Å². The highest BCUT2D eigenvalue weighted by molar-refractivity contribution is 4.89. The molecule has 0 aromatic carbocycles. The van der Waals surface area contributed by atoms with E-state index in [-0.39, 0.29) is 0 Å². The normalized spacial score (nSPS) is 22.1. The maximum atomic E-state index is 3.36. The molecule has 0 radical (unpaired) electrons. The van der Waals surface area contributed by atoms with Crippen LogP contribution in [0.3, 0.4) is 0 Å². The Kier molecular flexibility index (Phi) is 3.52. The fourth-order valence-corrected chi connectivity index (χ4v) is 1.37. The number of hydrogen-bond acceptors (Lipinski definition) is 1. The number of nitrogens with one attached hydrogen (secondary N) is 1. The van der Waals surface area contributed by atoms with E-state index in [0.29, 0.717) is 0 Å². The van der Waals surface area contributed by atoms with Crippen molar-refractivity contribution >= 4 is 0 Å². The molecule has 1 aliphatic rings. The molecule has 0 aliphatic carbocycles. The fraction of sp³-hybridized carbons (Fsp3) is 0.778. The molecular formula is C9H17N. The van der Waals surface area contributed by atoms with Crippen LogP contribution in [0.1, 0.15) is 26.2 Å². The van der Waals surface area contributed by atoms with Crippen LogP contribution in [0.25, 0.3) is 0 Å². The van der Waals surface area contributed by atoms with Gasteiger partial charge in [0.1, 0.15) is 0 Å². The van der Waals surface area contributed by atoms with Crippen LogP contribution in [0, 0.1) is 5.92 Å². The summed E-state index contributed by atoms with van der Waals surface area (Å²) in [4.78, 5) is 0. The maximum Gasteiger partial charge on any atom is -0.00433 e. The van der Waals surface area contributed by atoms with Gasteiger partial charge in [-0.25, -0.2) is 0 Å². The molecule has 1 fully saturated rings. The summed E-state index contributed by atoms with van der Waals surface area (Å²) in [5.41, 5.74) is 0. The average molecular weight is 139 g/mol. The van der Waals surface area contributed by atoms with Gasteiger partial charge in [0.25, 0.3) is 0 Å². The van der Waals surface area contributed by atoms with Crippen LogP contribution in [0.4, 0.5) is 0 Å². The van der Waals surface area contributed by atoms with Gasteiger partial charge < -0.3 is 5.32 Å². The summed E-state index contributed by atoms with van der Waals surface area (Å²) in [5, 5.41) is 3.36. The molecule has 10 heavy (non-hydrogen) atoms. The third kappa shape index (κ3) is 2.53. The lowest BCUT2D eigenvalue weighted by Gasteiger charge is -2.18. The van der Waals surface area contributed by atoms with Crippen molar-refractivity contribution in [1.82, 2.24) is 5.32 Å². The summed E-state index contributed by atoms with van der Waals surface area (Å²) in [6.45, 7) is 4.61. The Morgan fingerprint density at radius 3 is 2.70 bits per heavy atom. The smallest absolute Gasteiger partial charge is 0.00433 e. The van der Waals surface area contributed by atoms with E-state index in [2.05, 4.69) is 24.4 Å². The minimum atomic E-state index is 0.862. The van der Waals surface area contributed by atoms with E-state index in [1.807, 2.05) is 0 Å². The van der Waals surface area contributed by atoms with Gasteiger partial charge in [-0.05, 0) is 38.3 Å². The minimum Gasteiger partial charge on any atom is -0.317 e. The molecule has 0 saturated carbocycles. The lowest BCUT2D eigenvalue weighted by Crippen LogP contribution is -2.26. The minimum absolute atomic E-state index is 0.862. The van der Waals surface area contributed by atoms with Crippen LogP contribution in [0.15, 0.2) is 12.2 Å². The lowest BCUT2D eigenvalue weighted by atomic mass is 9.98. The van der Waals surface area contributed by atoms with Gasteiger partial charge >= 0.3 is 0 Å². The molecule has 58 valence electrons. The second kappa shape index (κ2) is 4.51. The molecular weight excluding hydrogens is 122 g/mol. The predicted octanol–water partition coefficient (Wildman–Crippen LogP) is 1.95. The first-order valence-corrected chi connectivity index (χ1v) is 4.31. The summed E-state index contributed by atoms with van der Waals surface area (Å²) in [5.74, 6) is 0.862. The van der Waals surface area contributed by atoms with E-state index in [1.165, 1.54) is 32.4 Å². The van der Waals surface area contributed by atoms with E-state index in [0.717, 1.165) is 5.92 Å². The molecule has 0 aromatic rings. The quantitative estimate of drug-likeness (QED) is 0.577. The Bertz CT molecular complexity index is 101. The number of hydrogen-bond donors (Lipinski definition) is 1. The number of allylic oxidation sites excluding steroid dienone is 2. The first-order valence-electron chi connectivity index (χ1n) is 4.31. The molecule has 1 nitrogen and oxygen atoms in total. The van der Waals surface area contributed by atoms with Gasteiger partial charge in [0.15, 0.2) is 0 Å². The highest BCUT2D eigenvalue weighted by Crippen LogP contribution is 2.12.